The third-order valence-electron chi connectivity index (χ3n) is 19.5. The van der Waals surface area contributed by atoms with Gasteiger partial charge < -0.3 is 44.9 Å². The molecule has 4 fully saturated rings. The molecule has 0 bridgehead atoms. The number of hydrogen-bond acceptors (Lipinski definition) is 8. The predicted octanol–water partition coefficient (Wildman–Crippen LogP) is 15.5. The highest BCUT2D eigenvalue weighted by Gasteiger charge is 2.42. The highest BCUT2D eigenvalue weighted by Crippen LogP contribution is 2.46. The Hall–Kier alpha value is -7.37. The van der Waals surface area contributed by atoms with Crippen molar-refractivity contribution in [3.63, 3.8) is 0 Å². The molecule has 5 aliphatic rings. The van der Waals surface area contributed by atoms with Crippen molar-refractivity contribution in [2.24, 2.45) is 0 Å². The van der Waals surface area contributed by atoms with Crippen molar-refractivity contribution in [3.05, 3.63) is 154 Å². The summed E-state index contributed by atoms with van der Waals surface area (Å²) in [5, 5.41) is 8.46. The Morgan fingerprint density at radius 2 is 1.11 bits per heavy atom. The van der Waals surface area contributed by atoms with E-state index in [1.54, 1.807) is 26.2 Å². The van der Waals surface area contributed by atoms with E-state index in [-0.39, 0.29) is 23.4 Å². The summed E-state index contributed by atoms with van der Waals surface area (Å²) in [5.74, 6) is 1.22. The second-order valence-electron chi connectivity index (χ2n) is 26.8. The van der Waals surface area contributed by atoms with Crippen LogP contribution in [0.1, 0.15) is 126 Å². The lowest BCUT2D eigenvalue weighted by Crippen LogP contribution is -2.60. The topological polar surface area (TPSA) is 197 Å². The molecule has 5 aromatic carbocycles. The molecule has 24 heteroatoms. The highest BCUT2D eigenvalue weighted by molar-refractivity contribution is 7.92. The van der Waals surface area contributed by atoms with E-state index in [1.807, 2.05) is 90.8 Å². The monoisotopic (exact) mass is 1370 g/mol. The van der Waals surface area contributed by atoms with Crippen molar-refractivity contribution < 1.29 is 39.6 Å². The zero-order valence-corrected chi connectivity index (χ0v) is 57.6. The zero-order valence-electron chi connectivity index (χ0n) is 54.4. The number of piperazine rings is 1. The van der Waals surface area contributed by atoms with Gasteiger partial charge >= 0.3 is 12.2 Å². The molecule has 1 aliphatic carbocycles. The van der Waals surface area contributed by atoms with Crippen LogP contribution in [0.5, 0.6) is 0 Å². The number of aromatic nitrogens is 4. The van der Waals surface area contributed by atoms with Crippen LogP contribution < -0.4 is 19.4 Å². The molecule has 4 aliphatic heterocycles. The lowest BCUT2D eigenvalue weighted by molar-refractivity contribution is -0.137. The van der Waals surface area contributed by atoms with Crippen molar-refractivity contribution in [2.45, 2.75) is 121 Å². The van der Waals surface area contributed by atoms with E-state index in [2.05, 4.69) is 79.2 Å². The molecule has 94 heavy (non-hydrogen) atoms. The van der Waals surface area contributed by atoms with E-state index < -0.39 is 37.3 Å². The third kappa shape index (κ3) is 14.6. The molecule has 3 saturated heterocycles. The number of aromatic amines is 4. The van der Waals surface area contributed by atoms with Crippen LogP contribution in [0.4, 0.5) is 40.7 Å². The first kappa shape index (κ1) is 68.0. The maximum Gasteiger partial charge on any atom is 0.416 e. The Labute approximate surface area is 558 Å². The Morgan fingerprint density at radius 1 is 0.564 bits per heavy atom. The van der Waals surface area contributed by atoms with Crippen molar-refractivity contribution in [1.29, 1.82) is 0 Å². The third-order valence-corrected chi connectivity index (χ3v) is 22.6. The van der Waals surface area contributed by atoms with Gasteiger partial charge in [-0.3, -0.25) is 9.10 Å². The Bertz CT molecular complexity index is 4470. The molecular formula is C70H84Cl2F3N11O6S2. The minimum Gasteiger partial charge on any atom is -0.367 e. The van der Waals surface area contributed by atoms with Crippen LogP contribution in [-0.4, -0.2) is 146 Å². The van der Waals surface area contributed by atoms with Gasteiger partial charge in [-0.1, -0.05) is 48.2 Å². The van der Waals surface area contributed by atoms with Gasteiger partial charge in [-0.2, -0.15) is 17.5 Å². The molecule has 8 heterocycles. The SMILES string of the molecule is CC(=O)N1CCN(c2cc(C3CCCC3)cc3[nH]ccc23)CC1(C)C.CC1(C)CC(c2cc(C(F)(F)F)cc3[nH]ccc23)CCN1S(C)(=O)=O.CNC(=O)N1CCC(c2cc(Cl)cc3[nH]ccc23)CC1.CS(=O)(=O)N1CCN(c2cc(Cl)cc3[nH]ccc23)c2ccccc21. The van der Waals surface area contributed by atoms with Crippen molar-refractivity contribution >= 4 is 122 Å². The van der Waals surface area contributed by atoms with Crippen molar-refractivity contribution in [3.8, 4) is 0 Å². The van der Waals surface area contributed by atoms with E-state index >= 15 is 0 Å². The van der Waals surface area contributed by atoms with Crippen LogP contribution in [0.2, 0.25) is 10.0 Å². The largest absolute Gasteiger partial charge is 0.416 e. The van der Waals surface area contributed by atoms with Gasteiger partial charge in [-0.15, -0.1) is 0 Å². The fourth-order valence-corrected chi connectivity index (χ4v) is 17.9. The van der Waals surface area contributed by atoms with Gasteiger partial charge in [0.25, 0.3) is 0 Å². The van der Waals surface area contributed by atoms with Crippen LogP contribution in [0.25, 0.3) is 43.6 Å². The molecule has 0 radical (unpaired) electrons. The number of benzene rings is 5. The number of anilines is 4. The van der Waals surface area contributed by atoms with Gasteiger partial charge in [-0.25, -0.2) is 21.6 Å². The standard InChI is InChI=1S/C21H29N3O.C17H16ClN3O2S.C17H21F3N2O2S.C15H18ClN3O/c1-15(25)24-11-10-23(14-21(24,2)3)20-13-17(16-6-4-5-7-16)12-19-18(20)8-9-22-19;1-24(22,23)21-9-8-20(15-4-2-3-5-16(15)21)17-11-12(18)10-14-13(17)6-7-19-14;1-16(2)10-11(5-7-22(16)25(3,23)24)14-8-12(17(18,19)20)9-15-13(14)4-6-21-15;1-17-15(20)19-6-3-10(4-7-19)13-8-11(16)9-14-12(13)2-5-18-14/h8-9,12-13,16,22H,4-7,10-11,14H2,1-3H3;2-7,10-11,19H,8-9H2,1H3;4,6,8-9,11,21H,5,7,10H2,1-3H3;2,5,8-10,18H,3-4,6-7H2,1H3,(H,17,20). The number of carbonyl (C=O) groups excluding carboxylic acids is 2. The number of rotatable bonds is 7. The molecule has 1 saturated carbocycles. The fourth-order valence-electron chi connectivity index (χ4n) is 15.1. The average Bonchev–Trinajstić information content (AvgIpc) is 1.28. The predicted molar refractivity (Wildman–Crippen MR) is 374 cm³/mol. The number of fused-ring (bicyclic) bond motifs is 5. The number of halogens is 5. The number of hydrogen-bond donors (Lipinski definition) is 5. The number of para-hydroxylation sites is 2. The smallest absolute Gasteiger partial charge is 0.367 e. The lowest BCUT2D eigenvalue weighted by atomic mass is 9.79. The Kier molecular flexibility index (Phi) is 19.6. The lowest BCUT2D eigenvalue weighted by Gasteiger charge is -2.48. The number of alkyl halides is 3. The minimum atomic E-state index is -4.42. The number of sulfonamides is 2. The van der Waals surface area contributed by atoms with E-state index in [1.165, 1.54) is 86.0 Å². The highest BCUT2D eigenvalue weighted by atomic mass is 35.5. The van der Waals surface area contributed by atoms with Crippen LogP contribution in [0.15, 0.2) is 122 Å². The normalized spacial score (nSPS) is 18.9. The van der Waals surface area contributed by atoms with Crippen LogP contribution in [0, 0.1) is 0 Å². The van der Waals surface area contributed by atoms with Crippen molar-refractivity contribution in [1.82, 2.24) is 39.4 Å². The number of H-pyrrole nitrogens is 4. The van der Waals surface area contributed by atoms with E-state index in [4.69, 9.17) is 23.2 Å². The molecule has 5 N–H and O–H groups in total. The summed E-state index contributed by atoms with van der Waals surface area (Å²) in [6.45, 7) is 15.1. The Balaban J connectivity index is 0.000000128. The van der Waals surface area contributed by atoms with Gasteiger partial charge in [0.1, 0.15) is 0 Å². The van der Waals surface area contributed by atoms with Crippen molar-refractivity contribution in [2.75, 3.05) is 86.0 Å². The van der Waals surface area contributed by atoms with Gasteiger partial charge in [0, 0.05) is 149 Å². The summed E-state index contributed by atoms with van der Waals surface area (Å²) in [6, 6.07) is 30.6. The second-order valence-corrected chi connectivity index (χ2v) is 31.5. The fraction of sp³-hybridized carbons (Fsp3) is 0.429. The van der Waals surface area contributed by atoms with Crippen LogP contribution >= 0.6 is 23.2 Å². The first-order valence-electron chi connectivity index (χ1n) is 32.1. The molecule has 3 amide bonds. The molecule has 4 aromatic heterocycles. The average molecular weight is 1370 g/mol. The van der Waals surface area contributed by atoms with Crippen LogP contribution in [-0.2, 0) is 31.0 Å². The molecule has 0 spiro atoms. The summed E-state index contributed by atoms with van der Waals surface area (Å²) in [7, 11) is -4.99. The van der Waals surface area contributed by atoms with E-state index in [0.717, 1.165) is 89.8 Å². The maximum absolute atomic E-state index is 13.2. The van der Waals surface area contributed by atoms with E-state index in [0.29, 0.717) is 66.1 Å². The minimum absolute atomic E-state index is 0.0151. The second kappa shape index (κ2) is 27.0. The first-order valence-corrected chi connectivity index (χ1v) is 36.6. The molecule has 9 aromatic rings. The summed E-state index contributed by atoms with van der Waals surface area (Å²) in [4.78, 5) is 44.7. The number of nitrogens with one attached hydrogen (secondary N) is 5. The summed E-state index contributed by atoms with van der Waals surface area (Å²) in [6.07, 6.45) is 13.8. The van der Waals surface area contributed by atoms with Crippen LogP contribution in [0.3, 0.4) is 0 Å². The summed E-state index contributed by atoms with van der Waals surface area (Å²) >= 11 is 12.5. The maximum atomic E-state index is 13.2. The molecule has 14 rings (SSSR count). The molecule has 1 atom stereocenters. The molecule has 502 valence electrons. The van der Waals surface area contributed by atoms with Gasteiger partial charge in [0.15, 0.2) is 0 Å². The number of carbonyl (C=O) groups is 2. The number of urea groups is 1. The number of amides is 3. The molecular weight excluding hydrogens is 1280 g/mol. The van der Waals surface area contributed by atoms with Gasteiger partial charge in [0.05, 0.1) is 47.2 Å². The molecule has 1 unspecified atom stereocenters. The van der Waals surface area contributed by atoms with Gasteiger partial charge in [-0.05, 0) is 186 Å². The molecule has 17 nitrogen and oxygen atoms in total. The number of likely N-dealkylation sites (tertiary alicyclic amines) is 1. The van der Waals surface area contributed by atoms with E-state index in [9.17, 15) is 39.6 Å². The number of nitrogens with zero attached hydrogens (tertiary/aromatic N) is 6. The summed E-state index contributed by atoms with van der Waals surface area (Å²) < 4.78 is 90.8. The summed E-state index contributed by atoms with van der Waals surface area (Å²) in [5.41, 5.74) is 9.53. The zero-order chi connectivity index (χ0) is 67.2. The first-order chi connectivity index (χ1) is 44.5. The Morgan fingerprint density at radius 3 is 1.67 bits per heavy atom. The quantitative estimate of drug-likeness (QED) is 0.104. The number of piperidine rings is 2. The van der Waals surface area contributed by atoms with Gasteiger partial charge in [0.2, 0.25) is 26.0 Å².